The molecule has 1 saturated heterocycles. The Balaban J connectivity index is 1.73. The molecule has 7 nitrogen and oxygen atoms in total. The minimum Gasteiger partial charge on any atom is -0.379 e. The van der Waals surface area contributed by atoms with Crippen LogP contribution in [0.15, 0.2) is 29.2 Å². The van der Waals surface area contributed by atoms with Crippen LogP contribution in [-0.4, -0.2) is 65.1 Å². The molecule has 0 aromatic carbocycles. The van der Waals surface area contributed by atoms with Gasteiger partial charge in [-0.2, -0.15) is 5.26 Å². The molecule has 3 heterocycles. The van der Waals surface area contributed by atoms with E-state index in [0.717, 1.165) is 50.7 Å². The van der Waals surface area contributed by atoms with Gasteiger partial charge in [0.1, 0.15) is 5.65 Å². The van der Waals surface area contributed by atoms with Crippen LogP contribution in [0.3, 0.4) is 0 Å². The van der Waals surface area contributed by atoms with Gasteiger partial charge in [-0.05, 0) is 18.6 Å². The SMILES string of the molecule is Cc1cccn2c(=O)cc(CN(CCC#N)CCN3CCOCC3)nc12. The Morgan fingerprint density at radius 1 is 1.35 bits per heavy atom. The van der Waals surface area contributed by atoms with Gasteiger partial charge in [-0.15, -0.1) is 0 Å². The highest BCUT2D eigenvalue weighted by Crippen LogP contribution is 2.08. The highest BCUT2D eigenvalue weighted by atomic mass is 16.5. The van der Waals surface area contributed by atoms with Crippen molar-refractivity contribution >= 4 is 5.65 Å². The van der Waals surface area contributed by atoms with Gasteiger partial charge in [0.15, 0.2) is 0 Å². The first kappa shape index (κ1) is 18.5. The Morgan fingerprint density at radius 2 is 2.15 bits per heavy atom. The number of morpholine rings is 1. The Bertz CT molecular complexity index is 836. The molecular formula is C19H25N5O2. The molecule has 26 heavy (non-hydrogen) atoms. The van der Waals surface area contributed by atoms with Crippen molar-refractivity contribution in [1.29, 1.82) is 5.26 Å². The number of aromatic nitrogens is 2. The number of pyridine rings is 1. The van der Waals surface area contributed by atoms with E-state index in [4.69, 9.17) is 10.00 Å². The second-order valence-electron chi connectivity index (χ2n) is 6.61. The van der Waals surface area contributed by atoms with Crippen molar-refractivity contribution < 1.29 is 4.74 Å². The predicted molar refractivity (Wildman–Crippen MR) is 99.0 cm³/mol. The number of nitriles is 1. The molecule has 0 atom stereocenters. The van der Waals surface area contributed by atoms with E-state index in [1.165, 1.54) is 0 Å². The molecule has 0 spiro atoms. The summed E-state index contributed by atoms with van der Waals surface area (Å²) in [7, 11) is 0. The topological polar surface area (TPSA) is 73.9 Å². The van der Waals surface area contributed by atoms with E-state index in [1.54, 1.807) is 16.7 Å². The number of fused-ring (bicyclic) bond motifs is 1. The summed E-state index contributed by atoms with van der Waals surface area (Å²) in [5.74, 6) is 0. The standard InChI is InChI=1S/C19H25N5O2/c1-16-4-2-7-24-18(25)14-17(21-19(16)24)15-23(6-3-5-20)9-8-22-10-12-26-13-11-22/h2,4,7,14H,3,6,8-13,15H2,1H3. The van der Waals surface area contributed by atoms with Crippen LogP contribution in [-0.2, 0) is 11.3 Å². The second-order valence-corrected chi connectivity index (χ2v) is 6.61. The fraction of sp³-hybridized carbons (Fsp3) is 0.526. The van der Waals surface area contributed by atoms with Crippen LogP contribution in [0.4, 0.5) is 0 Å². The van der Waals surface area contributed by atoms with Crippen LogP contribution in [0.25, 0.3) is 5.65 Å². The van der Waals surface area contributed by atoms with Crippen LogP contribution in [0.5, 0.6) is 0 Å². The maximum absolute atomic E-state index is 12.4. The summed E-state index contributed by atoms with van der Waals surface area (Å²) >= 11 is 0. The molecule has 0 unspecified atom stereocenters. The van der Waals surface area contributed by atoms with Gasteiger partial charge in [-0.1, -0.05) is 6.07 Å². The Morgan fingerprint density at radius 3 is 2.92 bits per heavy atom. The van der Waals surface area contributed by atoms with E-state index >= 15 is 0 Å². The summed E-state index contributed by atoms with van der Waals surface area (Å²) in [5.41, 5.74) is 2.36. The zero-order valence-electron chi connectivity index (χ0n) is 15.2. The van der Waals surface area contributed by atoms with Gasteiger partial charge >= 0.3 is 0 Å². The fourth-order valence-electron chi connectivity index (χ4n) is 3.20. The van der Waals surface area contributed by atoms with Crippen LogP contribution in [0.2, 0.25) is 0 Å². The molecule has 0 N–H and O–H groups in total. The first-order valence-electron chi connectivity index (χ1n) is 9.04. The third-order valence-corrected chi connectivity index (χ3v) is 4.70. The van der Waals surface area contributed by atoms with Crippen molar-refractivity contribution in [1.82, 2.24) is 19.2 Å². The van der Waals surface area contributed by atoms with E-state index in [-0.39, 0.29) is 5.56 Å². The second kappa shape index (κ2) is 8.90. The summed E-state index contributed by atoms with van der Waals surface area (Å²) in [5, 5.41) is 8.95. The Labute approximate surface area is 153 Å². The van der Waals surface area contributed by atoms with Gasteiger partial charge < -0.3 is 4.74 Å². The van der Waals surface area contributed by atoms with Crippen LogP contribution in [0, 0.1) is 18.3 Å². The molecule has 1 aliphatic heterocycles. The molecule has 0 saturated carbocycles. The first-order valence-corrected chi connectivity index (χ1v) is 9.04. The minimum atomic E-state index is -0.0675. The third-order valence-electron chi connectivity index (χ3n) is 4.70. The zero-order valence-corrected chi connectivity index (χ0v) is 15.2. The minimum absolute atomic E-state index is 0.0675. The highest BCUT2D eigenvalue weighted by Gasteiger charge is 2.14. The summed E-state index contributed by atoms with van der Waals surface area (Å²) in [6, 6.07) is 7.62. The lowest BCUT2D eigenvalue weighted by molar-refractivity contribution is 0.0330. The fourth-order valence-corrected chi connectivity index (χ4v) is 3.20. The summed E-state index contributed by atoms with van der Waals surface area (Å²) < 4.78 is 6.96. The molecule has 138 valence electrons. The average Bonchev–Trinajstić information content (AvgIpc) is 2.66. The number of rotatable bonds is 7. The molecule has 3 rings (SSSR count). The lowest BCUT2D eigenvalue weighted by Crippen LogP contribution is -2.41. The monoisotopic (exact) mass is 355 g/mol. The lowest BCUT2D eigenvalue weighted by atomic mass is 10.2. The molecule has 0 radical (unpaired) electrons. The van der Waals surface area contributed by atoms with Crippen molar-refractivity contribution in [2.75, 3.05) is 45.9 Å². The van der Waals surface area contributed by atoms with Crippen LogP contribution in [0.1, 0.15) is 17.7 Å². The van der Waals surface area contributed by atoms with E-state index < -0.39 is 0 Å². The third kappa shape index (κ3) is 4.67. The van der Waals surface area contributed by atoms with E-state index in [0.29, 0.717) is 25.2 Å². The molecule has 2 aromatic rings. The van der Waals surface area contributed by atoms with Gasteiger partial charge in [-0.3, -0.25) is 19.0 Å². The van der Waals surface area contributed by atoms with Gasteiger partial charge in [0.2, 0.25) is 0 Å². The smallest absolute Gasteiger partial charge is 0.258 e. The maximum Gasteiger partial charge on any atom is 0.258 e. The number of hydrogen-bond donors (Lipinski definition) is 0. The molecule has 0 amide bonds. The van der Waals surface area contributed by atoms with Gasteiger partial charge in [0.05, 0.1) is 25.0 Å². The first-order chi connectivity index (χ1) is 12.7. The average molecular weight is 355 g/mol. The van der Waals surface area contributed by atoms with Crippen LogP contribution < -0.4 is 5.56 Å². The summed E-state index contributed by atoms with van der Waals surface area (Å²) in [4.78, 5) is 21.6. The molecule has 0 aliphatic carbocycles. The quantitative estimate of drug-likeness (QED) is 0.739. The van der Waals surface area contributed by atoms with Crippen molar-refractivity contribution in [3.05, 3.63) is 46.0 Å². The predicted octanol–water partition coefficient (Wildman–Crippen LogP) is 1.05. The van der Waals surface area contributed by atoms with Gasteiger partial charge in [0, 0.05) is 58.0 Å². The maximum atomic E-state index is 12.4. The number of hydrogen-bond acceptors (Lipinski definition) is 6. The van der Waals surface area contributed by atoms with Gasteiger partial charge in [-0.25, -0.2) is 4.98 Å². The van der Waals surface area contributed by atoms with E-state index in [9.17, 15) is 4.79 Å². The van der Waals surface area contributed by atoms with E-state index in [2.05, 4.69) is 20.9 Å². The van der Waals surface area contributed by atoms with Gasteiger partial charge in [0.25, 0.3) is 5.56 Å². The molecule has 0 bridgehead atoms. The van der Waals surface area contributed by atoms with Crippen molar-refractivity contribution in [3.63, 3.8) is 0 Å². The normalized spacial score (nSPS) is 15.4. The largest absolute Gasteiger partial charge is 0.379 e. The molecule has 1 aliphatic rings. The summed E-state index contributed by atoms with van der Waals surface area (Å²) in [6.07, 6.45) is 2.21. The number of aryl methyl sites for hydroxylation is 1. The zero-order chi connectivity index (χ0) is 18.4. The summed E-state index contributed by atoms with van der Waals surface area (Å²) in [6.45, 7) is 8.43. The van der Waals surface area contributed by atoms with Crippen molar-refractivity contribution in [2.24, 2.45) is 0 Å². The van der Waals surface area contributed by atoms with E-state index in [1.807, 2.05) is 19.1 Å². The molecular weight excluding hydrogens is 330 g/mol. The van der Waals surface area contributed by atoms with Crippen molar-refractivity contribution in [2.45, 2.75) is 19.9 Å². The Hall–Kier alpha value is -2.27. The number of ether oxygens (including phenoxy) is 1. The van der Waals surface area contributed by atoms with Crippen molar-refractivity contribution in [3.8, 4) is 6.07 Å². The lowest BCUT2D eigenvalue weighted by Gasteiger charge is -2.29. The Kier molecular flexibility index (Phi) is 6.34. The molecule has 2 aromatic heterocycles. The van der Waals surface area contributed by atoms with Crippen LogP contribution >= 0.6 is 0 Å². The molecule has 7 heteroatoms. The highest BCUT2D eigenvalue weighted by molar-refractivity contribution is 5.46. The molecule has 1 fully saturated rings. The number of nitrogens with zero attached hydrogens (tertiary/aromatic N) is 5.